The van der Waals surface area contributed by atoms with Gasteiger partial charge in [-0.05, 0) is 42.3 Å². The van der Waals surface area contributed by atoms with Crippen molar-refractivity contribution in [2.75, 3.05) is 5.32 Å². The molecule has 5 nitrogen and oxygen atoms in total. The highest BCUT2D eigenvalue weighted by molar-refractivity contribution is 6.30. The second-order valence-electron chi connectivity index (χ2n) is 7.46. The van der Waals surface area contributed by atoms with Crippen molar-refractivity contribution in [2.24, 2.45) is 0 Å². The largest absolute Gasteiger partial charge is 0.337 e. The van der Waals surface area contributed by atoms with Crippen LogP contribution in [0.1, 0.15) is 28.4 Å². The molecule has 3 aromatic carbocycles. The molecule has 0 saturated heterocycles. The summed E-state index contributed by atoms with van der Waals surface area (Å²) in [6.07, 6.45) is 2.33. The van der Waals surface area contributed by atoms with Crippen molar-refractivity contribution in [1.29, 1.82) is 0 Å². The molecule has 0 radical (unpaired) electrons. The van der Waals surface area contributed by atoms with E-state index in [4.69, 9.17) is 11.6 Å². The highest BCUT2D eigenvalue weighted by atomic mass is 35.5. The molecule has 1 amide bonds. The zero-order valence-corrected chi connectivity index (χ0v) is 18.2. The third kappa shape index (κ3) is 4.48. The molecule has 0 aliphatic heterocycles. The predicted octanol–water partition coefficient (Wildman–Crippen LogP) is 5.09. The number of para-hydroxylation sites is 1. The SMILES string of the molecule is CCc1ccc(C(=O)c2cn(CC(=O)Nc3cccc(Cl)c3)c3ccccc3c2=O)cc1. The molecular weight excluding hydrogens is 424 g/mol. The third-order valence-electron chi connectivity index (χ3n) is 5.28. The monoisotopic (exact) mass is 444 g/mol. The molecule has 0 spiro atoms. The quantitative estimate of drug-likeness (QED) is 0.421. The first-order valence-electron chi connectivity index (χ1n) is 10.3. The Morgan fingerprint density at radius 1 is 0.969 bits per heavy atom. The molecule has 0 aliphatic rings. The van der Waals surface area contributed by atoms with Crippen LogP contribution in [-0.2, 0) is 17.8 Å². The van der Waals surface area contributed by atoms with Crippen LogP contribution < -0.4 is 10.7 Å². The Hall–Kier alpha value is -3.70. The average Bonchev–Trinajstić information content (AvgIpc) is 2.80. The van der Waals surface area contributed by atoms with Gasteiger partial charge in [-0.1, -0.05) is 61.0 Å². The van der Waals surface area contributed by atoms with Crippen LogP contribution in [0.5, 0.6) is 0 Å². The Bertz CT molecular complexity index is 1370. The minimum absolute atomic E-state index is 0.0310. The minimum Gasteiger partial charge on any atom is -0.337 e. The van der Waals surface area contributed by atoms with Gasteiger partial charge in [0.15, 0.2) is 5.78 Å². The molecule has 160 valence electrons. The summed E-state index contributed by atoms with van der Waals surface area (Å²) >= 11 is 5.99. The van der Waals surface area contributed by atoms with E-state index in [1.807, 2.05) is 19.1 Å². The molecule has 1 aromatic heterocycles. The zero-order valence-electron chi connectivity index (χ0n) is 17.5. The van der Waals surface area contributed by atoms with Crippen LogP contribution in [0.3, 0.4) is 0 Å². The van der Waals surface area contributed by atoms with Crippen molar-refractivity contribution in [2.45, 2.75) is 19.9 Å². The number of benzene rings is 3. The molecular formula is C26H21ClN2O3. The van der Waals surface area contributed by atoms with Gasteiger partial charge in [-0.2, -0.15) is 0 Å². The molecule has 4 rings (SSSR count). The number of halogens is 1. The van der Waals surface area contributed by atoms with Crippen LogP contribution in [0.4, 0.5) is 5.69 Å². The molecule has 0 saturated carbocycles. The van der Waals surface area contributed by atoms with Gasteiger partial charge in [0.1, 0.15) is 6.54 Å². The molecule has 1 N–H and O–H groups in total. The van der Waals surface area contributed by atoms with Crippen LogP contribution in [0.2, 0.25) is 5.02 Å². The first-order chi connectivity index (χ1) is 15.5. The first kappa shape index (κ1) is 21.5. The Balaban J connectivity index is 1.72. The lowest BCUT2D eigenvalue weighted by Crippen LogP contribution is -2.24. The summed E-state index contributed by atoms with van der Waals surface area (Å²) in [4.78, 5) is 38.9. The molecule has 1 heterocycles. The van der Waals surface area contributed by atoms with Gasteiger partial charge in [0, 0.05) is 27.9 Å². The maximum absolute atomic E-state index is 13.1. The molecule has 0 fully saturated rings. The van der Waals surface area contributed by atoms with Gasteiger partial charge in [-0.25, -0.2) is 0 Å². The lowest BCUT2D eigenvalue weighted by Gasteiger charge is -2.13. The van der Waals surface area contributed by atoms with E-state index in [0.717, 1.165) is 12.0 Å². The summed E-state index contributed by atoms with van der Waals surface area (Å²) in [6, 6.07) is 21.0. The molecule has 6 heteroatoms. The number of fused-ring (bicyclic) bond motifs is 1. The topological polar surface area (TPSA) is 68.2 Å². The van der Waals surface area contributed by atoms with Crippen LogP contribution in [-0.4, -0.2) is 16.3 Å². The molecule has 4 aromatic rings. The van der Waals surface area contributed by atoms with Crippen molar-refractivity contribution in [1.82, 2.24) is 4.57 Å². The van der Waals surface area contributed by atoms with E-state index in [1.165, 1.54) is 6.20 Å². The number of carbonyl (C=O) groups excluding carboxylic acids is 2. The number of pyridine rings is 1. The van der Waals surface area contributed by atoms with Crippen molar-refractivity contribution >= 4 is 39.9 Å². The highest BCUT2D eigenvalue weighted by Gasteiger charge is 2.18. The molecule has 32 heavy (non-hydrogen) atoms. The maximum Gasteiger partial charge on any atom is 0.244 e. The fourth-order valence-electron chi connectivity index (χ4n) is 3.61. The number of aryl methyl sites for hydroxylation is 1. The Kier molecular flexibility index (Phi) is 6.19. The molecule has 0 atom stereocenters. The first-order valence-corrected chi connectivity index (χ1v) is 10.7. The highest BCUT2D eigenvalue weighted by Crippen LogP contribution is 2.17. The van der Waals surface area contributed by atoms with E-state index >= 15 is 0 Å². The number of hydrogen-bond donors (Lipinski definition) is 1. The zero-order chi connectivity index (χ0) is 22.7. The number of aromatic nitrogens is 1. The van der Waals surface area contributed by atoms with Gasteiger partial charge in [0.2, 0.25) is 11.3 Å². The van der Waals surface area contributed by atoms with Gasteiger partial charge in [-0.3, -0.25) is 14.4 Å². The number of nitrogens with one attached hydrogen (secondary N) is 1. The number of ketones is 1. The number of hydrogen-bond acceptors (Lipinski definition) is 3. The van der Waals surface area contributed by atoms with E-state index in [9.17, 15) is 14.4 Å². The molecule has 0 aliphatic carbocycles. The normalized spacial score (nSPS) is 10.8. The average molecular weight is 445 g/mol. The van der Waals surface area contributed by atoms with E-state index in [-0.39, 0.29) is 29.2 Å². The maximum atomic E-state index is 13.1. The Morgan fingerprint density at radius 3 is 2.44 bits per heavy atom. The van der Waals surface area contributed by atoms with Crippen LogP contribution in [0, 0.1) is 0 Å². The van der Waals surface area contributed by atoms with Crippen molar-refractivity contribution in [3.05, 3.63) is 111 Å². The Morgan fingerprint density at radius 2 is 1.72 bits per heavy atom. The number of nitrogens with zero attached hydrogens (tertiary/aromatic N) is 1. The number of carbonyl (C=O) groups is 2. The van der Waals surface area contributed by atoms with E-state index in [0.29, 0.717) is 27.2 Å². The van der Waals surface area contributed by atoms with Gasteiger partial charge >= 0.3 is 0 Å². The molecule has 0 bridgehead atoms. The lowest BCUT2D eigenvalue weighted by molar-refractivity contribution is -0.116. The second-order valence-corrected chi connectivity index (χ2v) is 7.89. The summed E-state index contributed by atoms with van der Waals surface area (Å²) in [5.74, 6) is -0.667. The standard InChI is InChI=1S/C26H21ClN2O3/c1-2-17-10-12-18(13-11-17)25(31)22-15-29(23-9-4-3-8-21(23)26(22)32)16-24(30)28-20-7-5-6-19(27)14-20/h3-15H,2,16H2,1H3,(H,28,30). The van der Waals surface area contributed by atoms with Gasteiger partial charge in [0.05, 0.1) is 11.1 Å². The lowest BCUT2D eigenvalue weighted by atomic mass is 10.0. The summed E-state index contributed by atoms with van der Waals surface area (Å²) in [7, 11) is 0. The number of anilines is 1. The van der Waals surface area contributed by atoms with Gasteiger partial charge in [-0.15, -0.1) is 0 Å². The number of rotatable bonds is 6. The Labute approximate surface area is 190 Å². The summed E-state index contributed by atoms with van der Waals surface area (Å²) in [5, 5.41) is 3.70. The fraction of sp³-hybridized carbons (Fsp3) is 0.115. The van der Waals surface area contributed by atoms with E-state index < -0.39 is 0 Å². The second kappa shape index (κ2) is 9.20. The van der Waals surface area contributed by atoms with Crippen LogP contribution >= 0.6 is 11.6 Å². The van der Waals surface area contributed by atoms with Crippen molar-refractivity contribution < 1.29 is 9.59 Å². The smallest absolute Gasteiger partial charge is 0.244 e. The third-order valence-corrected chi connectivity index (χ3v) is 5.51. The summed E-state index contributed by atoms with van der Waals surface area (Å²) < 4.78 is 1.63. The number of amides is 1. The van der Waals surface area contributed by atoms with Crippen LogP contribution in [0.25, 0.3) is 10.9 Å². The van der Waals surface area contributed by atoms with Crippen molar-refractivity contribution in [3.8, 4) is 0 Å². The molecule has 0 unspecified atom stereocenters. The van der Waals surface area contributed by atoms with Crippen LogP contribution in [0.15, 0.2) is 83.8 Å². The van der Waals surface area contributed by atoms with E-state index in [2.05, 4.69) is 5.32 Å². The van der Waals surface area contributed by atoms with E-state index in [1.54, 1.807) is 65.2 Å². The fourth-order valence-corrected chi connectivity index (χ4v) is 3.80. The predicted molar refractivity (Wildman–Crippen MR) is 128 cm³/mol. The summed E-state index contributed by atoms with van der Waals surface area (Å²) in [5.41, 5.74) is 2.37. The minimum atomic E-state index is -0.368. The van der Waals surface area contributed by atoms with Gasteiger partial charge < -0.3 is 9.88 Å². The van der Waals surface area contributed by atoms with Gasteiger partial charge in [0.25, 0.3) is 0 Å². The van der Waals surface area contributed by atoms with Crippen molar-refractivity contribution in [3.63, 3.8) is 0 Å². The summed E-state index contributed by atoms with van der Waals surface area (Å²) in [6.45, 7) is 1.97.